The normalized spacial score (nSPS) is 21.4. The number of nitrogens with one attached hydrogen (secondary N) is 1. The van der Waals surface area contributed by atoms with E-state index in [0.717, 1.165) is 0 Å². The average molecular weight is 295 g/mol. The molecule has 1 aliphatic rings. The molecule has 1 aromatic rings. The first-order valence-corrected chi connectivity index (χ1v) is 6.62. The van der Waals surface area contributed by atoms with Gasteiger partial charge in [0.05, 0.1) is 22.7 Å². The molecule has 0 radical (unpaired) electrons. The Hall–Kier alpha value is -2.19. The number of aliphatic hydroxyl groups is 2. The number of anilines is 1. The van der Waals surface area contributed by atoms with Crippen molar-refractivity contribution in [3.63, 3.8) is 0 Å². The average Bonchev–Trinajstić information content (AvgIpc) is 2.78. The predicted octanol–water partition coefficient (Wildman–Crippen LogP) is 0.204. The van der Waals surface area contributed by atoms with E-state index in [1.165, 1.54) is 23.1 Å². The highest BCUT2D eigenvalue weighted by molar-refractivity contribution is 6.01. The fourth-order valence-electron chi connectivity index (χ4n) is 2.34. The van der Waals surface area contributed by atoms with Crippen LogP contribution in [0, 0.1) is 10.1 Å². The zero-order valence-corrected chi connectivity index (χ0v) is 11.5. The molecule has 3 N–H and O–H groups in total. The number of nitrogens with zero attached hydrogens (tertiary/aromatic N) is 2. The van der Waals surface area contributed by atoms with Gasteiger partial charge >= 0.3 is 0 Å². The zero-order chi connectivity index (χ0) is 15.6. The molecular weight excluding hydrogens is 278 g/mol. The highest BCUT2D eigenvalue weighted by Gasteiger charge is 2.34. The molecule has 8 heteroatoms. The van der Waals surface area contributed by atoms with Crippen molar-refractivity contribution in [2.45, 2.75) is 19.1 Å². The largest absolute Gasteiger partial charge is 0.388 e. The minimum absolute atomic E-state index is 0.00819. The molecule has 1 fully saturated rings. The van der Waals surface area contributed by atoms with Crippen LogP contribution in [-0.4, -0.2) is 57.8 Å². The second-order valence-corrected chi connectivity index (χ2v) is 4.83. The van der Waals surface area contributed by atoms with Crippen LogP contribution in [0.25, 0.3) is 0 Å². The molecule has 2 rings (SSSR count). The van der Waals surface area contributed by atoms with Crippen molar-refractivity contribution in [2.75, 3.05) is 25.0 Å². The van der Waals surface area contributed by atoms with E-state index in [-0.39, 0.29) is 30.0 Å². The molecule has 1 aliphatic heterocycles. The Labute approximate surface area is 121 Å². The van der Waals surface area contributed by atoms with Gasteiger partial charge < -0.3 is 20.4 Å². The molecular formula is C13H17N3O5. The maximum absolute atomic E-state index is 12.4. The summed E-state index contributed by atoms with van der Waals surface area (Å²) in [5.41, 5.74) is 0.140. The van der Waals surface area contributed by atoms with Gasteiger partial charge in [-0.25, -0.2) is 0 Å². The number of hydrogen-bond acceptors (Lipinski definition) is 6. The summed E-state index contributed by atoms with van der Waals surface area (Å²) in [5.74, 6) is -0.453. The van der Waals surface area contributed by atoms with Gasteiger partial charge in [-0.2, -0.15) is 0 Å². The van der Waals surface area contributed by atoms with Crippen LogP contribution in [0.5, 0.6) is 0 Å². The standard InChI is InChI=1S/C13H17N3O5/c1-2-14-12-8(4-3-5-9(12)16(20)21)13(19)15-6-10(17)11(18)7-15/h3-5,10-11,14,17-18H,2,6-7H2,1H3. The summed E-state index contributed by atoms with van der Waals surface area (Å²) in [7, 11) is 0. The number of carbonyl (C=O) groups excluding carboxylic acids is 1. The van der Waals surface area contributed by atoms with Crippen molar-refractivity contribution in [2.24, 2.45) is 0 Å². The Morgan fingerprint density at radius 2 is 2.05 bits per heavy atom. The molecule has 21 heavy (non-hydrogen) atoms. The summed E-state index contributed by atoms with van der Waals surface area (Å²) in [4.78, 5) is 24.2. The molecule has 0 aromatic heterocycles. The molecule has 0 spiro atoms. The fraction of sp³-hybridized carbons (Fsp3) is 0.462. The number of hydrogen-bond donors (Lipinski definition) is 3. The van der Waals surface area contributed by atoms with Crippen molar-refractivity contribution < 1.29 is 19.9 Å². The lowest BCUT2D eigenvalue weighted by Gasteiger charge is -2.18. The molecule has 2 unspecified atom stereocenters. The lowest BCUT2D eigenvalue weighted by Crippen LogP contribution is -2.30. The highest BCUT2D eigenvalue weighted by atomic mass is 16.6. The van der Waals surface area contributed by atoms with E-state index in [0.29, 0.717) is 6.54 Å². The fourth-order valence-corrected chi connectivity index (χ4v) is 2.34. The second-order valence-electron chi connectivity index (χ2n) is 4.83. The third kappa shape index (κ3) is 2.96. The monoisotopic (exact) mass is 295 g/mol. The first kappa shape index (κ1) is 15.2. The van der Waals surface area contributed by atoms with Crippen LogP contribution in [0.2, 0.25) is 0 Å². The van der Waals surface area contributed by atoms with E-state index < -0.39 is 23.0 Å². The van der Waals surface area contributed by atoms with Crippen LogP contribution in [-0.2, 0) is 0 Å². The van der Waals surface area contributed by atoms with Gasteiger partial charge in [-0.1, -0.05) is 6.07 Å². The van der Waals surface area contributed by atoms with E-state index in [2.05, 4.69) is 5.32 Å². The third-order valence-electron chi connectivity index (χ3n) is 3.37. The van der Waals surface area contributed by atoms with Crippen molar-refractivity contribution >= 4 is 17.3 Å². The Bertz CT molecular complexity index is 553. The predicted molar refractivity (Wildman–Crippen MR) is 75.2 cm³/mol. The Balaban J connectivity index is 2.36. The van der Waals surface area contributed by atoms with Gasteiger partial charge in [0.15, 0.2) is 0 Å². The van der Waals surface area contributed by atoms with Gasteiger partial charge in [-0.15, -0.1) is 0 Å². The van der Waals surface area contributed by atoms with E-state index in [4.69, 9.17) is 0 Å². The minimum Gasteiger partial charge on any atom is -0.388 e. The smallest absolute Gasteiger partial charge is 0.293 e. The van der Waals surface area contributed by atoms with E-state index in [1.807, 2.05) is 0 Å². The van der Waals surface area contributed by atoms with Gasteiger partial charge in [0.25, 0.3) is 11.6 Å². The molecule has 2 atom stereocenters. The number of para-hydroxylation sites is 1. The molecule has 114 valence electrons. The van der Waals surface area contributed by atoms with Crippen LogP contribution in [0.1, 0.15) is 17.3 Å². The number of carbonyl (C=O) groups is 1. The van der Waals surface area contributed by atoms with Crippen molar-refractivity contribution in [3.8, 4) is 0 Å². The molecule has 0 saturated carbocycles. The Morgan fingerprint density at radius 1 is 1.43 bits per heavy atom. The molecule has 0 aliphatic carbocycles. The summed E-state index contributed by atoms with van der Waals surface area (Å²) >= 11 is 0. The molecule has 1 heterocycles. The number of aliphatic hydroxyl groups excluding tert-OH is 2. The Morgan fingerprint density at radius 3 is 2.57 bits per heavy atom. The number of nitro groups is 1. The molecule has 0 bridgehead atoms. The van der Waals surface area contributed by atoms with Gasteiger partial charge in [0, 0.05) is 25.7 Å². The van der Waals surface area contributed by atoms with Gasteiger partial charge in [-0.05, 0) is 13.0 Å². The van der Waals surface area contributed by atoms with Crippen molar-refractivity contribution in [1.29, 1.82) is 0 Å². The summed E-state index contributed by atoms with van der Waals surface area (Å²) in [5, 5.41) is 32.9. The van der Waals surface area contributed by atoms with Gasteiger partial charge in [0.2, 0.25) is 0 Å². The lowest BCUT2D eigenvalue weighted by atomic mass is 10.1. The number of amides is 1. The second kappa shape index (κ2) is 6.06. The maximum Gasteiger partial charge on any atom is 0.293 e. The minimum atomic E-state index is -0.991. The van der Waals surface area contributed by atoms with Gasteiger partial charge in [0.1, 0.15) is 5.69 Å². The van der Waals surface area contributed by atoms with Crippen LogP contribution < -0.4 is 5.32 Å². The molecule has 8 nitrogen and oxygen atoms in total. The number of benzene rings is 1. The summed E-state index contributed by atoms with van der Waals surface area (Å²) in [6, 6.07) is 4.25. The maximum atomic E-state index is 12.4. The zero-order valence-electron chi connectivity index (χ0n) is 11.5. The summed E-state index contributed by atoms with van der Waals surface area (Å²) < 4.78 is 0. The van der Waals surface area contributed by atoms with Gasteiger partial charge in [-0.3, -0.25) is 14.9 Å². The van der Waals surface area contributed by atoms with Crippen LogP contribution in [0.15, 0.2) is 18.2 Å². The quantitative estimate of drug-likeness (QED) is 0.540. The number of likely N-dealkylation sites (tertiary alicyclic amines) is 1. The van der Waals surface area contributed by atoms with Crippen molar-refractivity contribution in [3.05, 3.63) is 33.9 Å². The van der Waals surface area contributed by atoms with E-state index in [9.17, 15) is 25.1 Å². The first-order valence-electron chi connectivity index (χ1n) is 6.62. The van der Waals surface area contributed by atoms with E-state index >= 15 is 0 Å². The molecule has 1 aromatic carbocycles. The van der Waals surface area contributed by atoms with E-state index in [1.54, 1.807) is 6.92 Å². The Kier molecular flexibility index (Phi) is 4.39. The number of nitro benzene ring substituents is 1. The molecule has 1 saturated heterocycles. The van der Waals surface area contributed by atoms with Crippen LogP contribution in [0.4, 0.5) is 11.4 Å². The highest BCUT2D eigenvalue weighted by Crippen LogP contribution is 2.29. The topological polar surface area (TPSA) is 116 Å². The number of rotatable bonds is 4. The van der Waals surface area contributed by atoms with Crippen LogP contribution >= 0.6 is 0 Å². The molecule has 1 amide bonds. The first-order chi connectivity index (χ1) is 9.95. The summed E-state index contributed by atoms with van der Waals surface area (Å²) in [6.45, 7) is 2.22. The third-order valence-corrected chi connectivity index (χ3v) is 3.37. The number of β-amino-alcohol motifs (C(OH)–C–C–N with tert-alkyl or cyclic N) is 2. The summed E-state index contributed by atoms with van der Waals surface area (Å²) in [6.07, 6.45) is -1.98. The SMILES string of the molecule is CCNc1c(C(=O)N2CC(O)C(O)C2)cccc1[N+](=O)[O-]. The van der Waals surface area contributed by atoms with Crippen molar-refractivity contribution in [1.82, 2.24) is 4.90 Å². The lowest BCUT2D eigenvalue weighted by molar-refractivity contribution is -0.384. The van der Waals surface area contributed by atoms with Crippen LogP contribution in [0.3, 0.4) is 0 Å².